The first kappa shape index (κ1) is 40.1. The van der Waals surface area contributed by atoms with Crippen molar-refractivity contribution >= 4 is 30.3 Å². The summed E-state index contributed by atoms with van der Waals surface area (Å²) in [5.74, 6) is -1.45. The van der Waals surface area contributed by atoms with Gasteiger partial charge in [-0.1, -0.05) is 7.43 Å². The van der Waals surface area contributed by atoms with Gasteiger partial charge in [0.15, 0.2) is 6.61 Å². The van der Waals surface area contributed by atoms with Crippen LogP contribution >= 0.6 is 0 Å². The monoisotopic (exact) mass is 620 g/mol. The summed E-state index contributed by atoms with van der Waals surface area (Å²) < 4.78 is 28.4. The molecule has 0 saturated carbocycles. The van der Waals surface area contributed by atoms with E-state index in [-0.39, 0.29) is 64.3 Å². The number of hydrogen-bond donors (Lipinski definition) is 1. The second-order valence-corrected chi connectivity index (χ2v) is 9.83. The van der Waals surface area contributed by atoms with Gasteiger partial charge in [0.2, 0.25) is 6.79 Å². The Morgan fingerprint density at radius 2 is 1.21 bits per heavy atom. The van der Waals surface area contributed by atoms with Crippen LogP contribution in [0.25, 0.3) is 0 Å². The third-order valence-electron chi connectivity index (χ3n) is 6.20. The minimum Gasteiger partial charge on any atom is -0.463 e. The van der Waals surface area contributed by atoms with Gasteiger partial charge in [0.1, 0.15) is 6.61 Å². The summed E-state index contributed by atoms with van der Waals surface area (Å²) in [6.07, 6.45) is 0.888. The van der Waals surface area contributed by atoms with E-state index in [1.165, 1.54) is 7.11 Å². The van der Waals surface area contributed by atoms with Gasteiger partial charge >= 0.3 is 23.9 Å². The molecule has 0 aromatic heterocycles. The van der Waals surface area contributed by atoms with Crippen molar-refractivity contribution in [3.8, 4) is 0 Å². The van der Waals surface area contributed by atoms with Crippen LogP contribution in [0.1, 0.15) is 40.5 Å². The maximum Gasteiger partial charge on any atom is 0.344 e. The molecule has 2 fully saturated rings. The van der Waals surface area contributed by atoms with Gasteiger partial charge in [0.25, 0.3) is 6.47 Å². The lowest BCUT2D eigenvalue weighted by Gasteiger charge is -2.34. The zero-order valence-corrected chi connectivity index (χ0v) is 25.2. The van der Waals surface area contributed by atoms with Crippen LogP contribution in [0.5, 0.6) is 0 Å². The highest BCUT2D eigenvalue weighted by Gasteiger charge is 2.19. The van der Waals surface area contributed by atoms with Crippen molar-refractivity contribution in [2.75, 3.05) is 106 Å². The third-order valence-corrected chi connectivity index (χ3v) is 6.20. The normalized spacial score (nSPS) is 15.7. The zero-order valence-electron chi connectivity index (χ0n) is 25.2. The van der Waals surface area contributed by atoms with Gasteiger partial charge in [-0.2, -0.15) is 0 Å². The predicted octanol–water partition coefficient (Wildman–Crippen LogP) is -0.340. The van der Waals surface area contributed by atoms with E-state index in [0.717, 1.165) is 52.4 Å². The van der Waals surface area contributed by atoms with Crippen molar-refractivity contribution in [3.05, 3.63) is 0 Å². The van der Waals surface area contributed by atoms with Crippen LogP contribution in [-0.4, -0.2) is 157 Å². The fourth-order valence-electron chi connectivity index (χ4n) is 3.93. The van der Waals surface area contributed by atoms with Gasteiger partial charge < -0.3 is 48.4 Å². The molecule has 2 saturated heterocycles. The van der Waals surface area contributed by atoms with Crippen LogP contribution in [0, 0.1) is 0 Å². The highest BCUT2D eigenvalue weighted by molar-refractivity contribution is 5.72. The molecule has 250 valence electrons. The Morgan fingerprint density at radius 1 is 0.721 bits per heavy atom. The second kappa shape index (κ2) is 25.6. The van der Waals surface area contributed by atoms with Crippen molar-refractivity contribution in [2.24, 2.45) is 0 Å². The van der Waals surface area contributed by atoms with Gasteiger partial charge in [0, 0.05) is 79.1 Å². The number of ether oxygens (including phenoxy) is 6. The van der Waals surface area contributed by atoms with Crippen molar-refractivity contribution in [1.82, 2.24) is 20.0 Å². The molecule has 0 unspecified atom stereocenters. The second-order valence-electron chi connectivity index (χ2n) is 9.83. The molecule has 2 heterocycles. The average molecular weight is 621 g/mol. The van der Waals surface area contributed by atoms with E-state index in [9.17, 15) is 24.0 Å². The van der Waals surface area contributed by atoms with E-state index < -0.39 is 5.97 Å². The standard InChI is InChI=1S/C21H38N4O6.C6H10O5.CH4/c1-18(2)31-21(28)5-10-25-15-13-24(14-16-25)9-4-20(27)30-17-29-19(26)3-8-23-11-6-22-7-12-23;1-9-2-3-11-6(8)4-10-5-7;/h18,22H,3-17H2,1-2H3;5H,2-4H2,1H3;1H4. The number of methoxy groups -OCH3 is 1. The number of piperazine rings is 2. The molecule has 2 aliphatic heterocycles. The van der Waals surface area contributed by atoms with E-state index >= 15 is 0 Å². The molecule has 0 amide bonds. The van der Waals surface area contributed by atoms with Crippen LogP contribution in [0.3, 0.4) is 0 Å². The minimum absolute atomic E-state index is 0. The van der Waals surface area contributed by atoms with E-state index in [4.69, 9.17) is 14.2 Å². The molecule has 0 bridgehead atoms. The Morgan fingerprint density at radius 3 is 1.67 bits per heavy atom. The Labute approximate surface area is 255 Å². The molecule has 0 aromatic carbocycles. The average Bonchev–Trinajstić information content (AvgIpc) is 2.98. The van der Waals surface area contributed by atoms with Crippen LogP contribution < -0.4 is 5.32 Å². The van der Waals surface area contributed by atoms with E-state index in [1.807, 2.05) is 13.8 Å². The Hall–Kier alpha value is -2.85. The molecule has 15 nitrogen and oxygen atoms in total. The molecule has 0 atom stereocenters. The largest absolute Gasteiger partial charge is 0.463 e. The van der Waals surface area contributed by atoms with E-state index in [2.05, 4.69) is 34.2 Å². The van der Waals surface area contributed by atoms with Crippen molar-refractivity contribution in [1.29, 1.82) is 0 Å². The van der Waals surface area contributed by atoms with Crippen molar-refractivity contribution in [2.45, 2.75) is 46.6 Å². The number of carbonyl (C=O) groups excluding carboxylic acids is 5. The number of rotatable bonds is 18. The third kappa shape index (κ3) is 22.4. The lowest BCUT2D eigenvalue weighted by Crippen LogP contribution is -2.47. The summed E-state index contributed by atoms with van der Waals surface area (Å²) >= 11 is 0. The number of esters is 4. The van der Waals surface area contributed by atoms with E-state index in [0.29, 0.717) is 39.1 Å². The summed E-state index contributed by atoms with van der Waals surface area (Å²) in [5.41, 5.74) is 0. The molecule has 2 aliphatic rings. The molecular weight excluding hydrogens is 568 g/mol. The maximum atomic E-state index is 11.9. The number of carbonyl (C=O) groups is 5. The summed E-state index contributed by atoms with van der Waals surface area (Å²) in [6, 6.07) is 0. The predicted molar refractivity (Wildman–Crippen MR) is 156 cm³/mol. The highest BCUT2D eigenvalue weighted by Crippen LogP contribution is 2.05. The molecule has 15 heteroatoms. The summed E-state index contributed by atoms with van der Waals surface area (Å²) in [4.78, 5) is 62.0. The molecule has 1 N–H and O–H groups in total. The van der Waals surface area contributed by atoms with Crippen molar-refractivity contribution < 1.29 is 52.4 Å². The quantitative estimate of drug-likeness (QED) is 0.0696. The van der Waals surface area contributed by atoms with Crippen molar-refractivity contribution in [3.63, 3.8) is 0 Å². The van der Waals surface area contributed by atoms with Gasteiger partial charge in [-0.3, -0.25) is 19.2 Å². The Balaban J connectivity index is 0.00000125. The lowest BCUT2D eigenvalue weighted by atomic mass is 10.2. The topological polar surface area (TPSA) is 162 Å². The van der Waals surface area contributed by atoms with Crippen LogP contribution in [0.15, 0.2) is 0 Å². The Kier molecular flexibility index (Phi) is 23.9. The Bertz CT molecular complexity index is 787. The summed E-state index contributed by atoms with van der Waals surface area (Å²) in [6.45, 7) is 12.9. The molecule has 0 spiro atoms. The smallest absolute Gasteiger partial charge is 0.344 e. The molecule has 0 aromatic rings. The maximum absolute atomic E-state index is 11.9. The number of nitrogens with zero attached hydrogens (tertiary/aromatic N) is 3. The molecule has 2 rings (SSSR count). The first-order chi connectivity index (χ1) is 20.2. The minimum atomic E-state index is -0.575. The zero-order chi connectivity index (χ0) is 31.0. The van der Waals surface area contributed by atoms with Gasteiger partial charge in [0.05, 0.1) is 32.0 Å². The van der Waals surface area contributed by atoms with Gasteiger partial charge in [-0.25, -0.2) is 4.79 Å². The van der Waals surface area contributed by atoms with Gasteiger partial charge in [-0.05, 0) is 13.8 Å². The van der Waals surface area contributed by atoms with E-state index in [1.54, 1.807) is 0 Å². The number of hydrogen-bond acceptors (Lipinski definition) is 15. The highest BCUT2D eigenvalue weighted by atomic mass is 16.7. The summed E-state index contributed by atoms with van der Waals surface area (Å²) in [7, 11) is 1.50. The van der Waals surface area contributed by atoms with Crippen LogP contribution in [-0.2, 0) is 52.4 Å². The molecule has 0 aliphatic carbocycles. The fraction of sp³-hybridized carbons (Fsp3) is 0.821. The van der Waals surface area contributed by atoms with Crippen LogP contribution in [0.4, 0.5) is 0 Å². The summed E-state index contributed by atoms with van der Waals surface area (Å²) in [5, 5.41) is 3.26. The molecule has 0 radical (unpaired) electrons. The van der Waals surface area contributed by atoms with Gasteiger partial charge in [-0.15, -0.1) is 0 Å². The molecule has 43 heavy (non-hydrogen) atoms. The fourth-order valence-corrected chi connectivity index (χ4v) is 3.93. The lowest BCUT2D eigenvalue weighted by molar-refractivity contribution is -0.167. The first-order valence-electron chi connectivity index (χ1n) is 14.3. The SMILES string of the molecule is C.CC(C)OC(=O)CCN1CCN(CCC(=O)OCOC(=O)CCN2CCNCC2)CC1.COCCOC(=O)COC=O. The molecular formula is C28H52N4O11. The number of nitrogens with one attached hydrogen (secondary N) is 1. The first-order valence-corrected chi connectivity index (χ1v) is 14.3. The van der Waals surface area contributed by atoms with Crippen LogP contribution in [0.2, 0.25) is 0 Å².